The monoisotopic (exact) mass is 401 g/mol. The molecule has 2 aromatic rings. The molecule has 1 aromatic heterocycles. The van der Waals surface area contributed by atoms with Crippen LogP contribution >= 0.6 is 0 Å². The van der Waals surface area contributed by atoms with E-state index in [9.17, 15) is 8.42 Å². The van der Waals surface area contributed by atoms with E-state index in [0.29, 0.717) is 12.5 Å². The Morgan fingerprint density at radius 1 is 1.00 bits per heavy atom. The second kappa shape index (κ2) is 6.85. The van der Waals surface area contributed by atoms with Gasteiger partial charge in [-0.05, 0) is 61.3 Å². The van der Waals surface area contributed by atoms with Crippen molar-refractivity contribution in [3.63, 3.8) is 0 Å². The van der Waals surface area contributed by atoms with Gasteiger partial charge in [-0.15, -0.1) is 0 Å². The van der Waals surface area contributed by atoms with Crippen molar-refractivity contribution < 1.29 is 8.42 Å². The van der Waals surface area contributed by atoms with Crippen molar-refractivity contribution in [1.82, 2.24) is 13.2 Å². The minimum absolute atomic E-state index is 0.0181. The summed E-state index contributed by atoms with van der Waals surface area (Å²) in [4.78, 5) is 0. The highest BCUT2D eigenvalue weighted by molar-refractivity contribution is 7.86. The molecule has 0 amide bonds. The lowest BCUT2D eigenvalue weighted by Crippen LogP contribution is -2.47. The maximum Gasteiger partial charge on any atom is 0.282 e. The lowest BCUT2D eigenvalue weighted by molar-refractivity contribution is 0.231. The molecule has 1 unspecified atom stereocenters. The van der Waals surface area contributed by atoms with E-state index in [-0.39, 0.29) is 6.04 Å². The Morgan fingerprint density at radius 3 is 2.54 bits per heavy atom. The van der Waals surface area contributed by atoms with Gasteiger partial charge in [0.25, 0.3) is 10.2 Å². The fraction of sp³-hybridized carbons (Fsp3) is 0.636. The molecule has 0 N–H and O–H groups in total. The molecule has 1 fully saturated rings. The summed E-state index contributed by atoms with van der Waals surface area (Å²) in [5.74, 6) is 0.701. The van der Waals surface area contributed by atoms with E-state index in [1.54, 1.807) is 18.4 Å². The molecule has 1 aromatic carbocycles. The molecule has 5 rings (SSSR count). The molecule has 6 heteroatoms. The molecule has 0 spiro atoms. The molecule has 28 heavy (non-hydrogen) atoms. The molecule has 2 heterocycles. The largest absolute Gasteiger partial charge is 0.341 e. The molecule has 5 nitrogen and oxygen atoms in total. The minimum atomic E-state index is -3.40. The van der Waals surface area contributed by atoms with Crippen molar-refractivity contribution in [2.45, 2.75) is 69.9 Å². The lowest BCUT2D eigenvalue weighted by Gasteiger charge is -2.39. The van der Waals surface area contributed by atoms with E-state index >= 15 is 0 Å². The Labute approximate surface area is 168 Å². The molecule has 152 valence electrons. The van der Waals surface area contributed by atoms with Crippen LogP contribution in [-0.2, 0) is 23.2 Å². The summed E-state index contributed by atoms with van der Waals surface area (Å²) in [7, 11) is -0.119. The van der Waals surface area contributed by atoms with Gasteiger partial charge in [0.15, 0.2) is 0 Å². The number of hydrogen-bond donors (Lipinski definition) is 0. The summed E-state index contributed by atoms with van der Waals surface area (Å²) in [6, 6.07) is 7.07. The first-order chi connectivity index (χ1) is 13.5. The fourth-order valence-corrected chi connectivity index (χ4v) is 7.02. The molecule has 1 aliphatic heterocycles. The van der Waals surface area contributed by atoms with E-state index in [1.165, 1.54) is 64.1 Å². The Bertz CT molecular complexity index is 1000. The van der Waals surface area contributed by atoms with Crippen LogP contribution in [0.2, 0.25) is 0 Å². The third-order valence-corrected chi connectivity index (χ3v) is 9.14. The van der Waals surface area contributed by atoms with Gasteiger partial charge in [-0.3, -0.25) is 0 Å². The zero-order chi connectivity index (χ0) is 19.5. The number of rotatable bonds is 3. The highest BCUT2D eigenvalue weighted by Gasteiger charge is 2.41. The maximum absolute atomic E-state index is 12.9. The summed E-state index contributed by atoms with van der Waals surface area (Å²) in [6.45, 7) is 1.31. The third-order valence-electron chi connectivity index (χ3n) is 7.18. The van der Waals surface area contributed by atoms with Gasteiger partial charge < -0.3 is 4.57 Å². The van der Waals surface area contributed by atoms with Gasteiger partial charge in [-0.25, -0.2) is 0 Å². The van der Waals surface area contributed by atoms with Crippen LogP contribution in [0.25, 0.3) is 10.9 Å². The van der Waals surface area contributed by atoms with E-state index in [2.05, 4.69) is 22.8 Å². The number of fused-ring (bicyclic) bond motifs is 3. The van der Waals surface area contributed by atoms with Gasteiger partial charge in [-0.1, -0.05) is 25.3 Å². The zero-order valence-corrected chi connectivity index (χ0v) is 17.8. The minimum Gasteiger partial charge on any atom is -0.341 e. The average molecular weight is 402 g/mol. The van der Waals surface area contributed by atoms with Crippen molar-refractivity contribution in [3.05, 3.63) is 35.0 Å². The number of benzene rings is 1. The molecule has 0 saturated heterocycles. The first-order valence-electron chi connectivity index (χ1n) is 10.8. The lowest BCUT2D eigenvalue weighted by atomic mass is 9.83. The molecule has 3 aliphatic rings. The predicted octanol–water partition coefficient (Wildman–Crippen LogP) is 4.19. The Hall–Kier alpha value is -1.37. The highest BCUT2D eigenvalue weighted by Crippen LogP contribution is 2.45. The van der Waals surface area contributed by atoms with Crippen LogP contribution < -0.4 is 0 Å². The maximum atomic E-state index is 12.9. The molecule has 1 atom stereocenters. The second-order valence-electron chi connectivity index (χ2n) is 8.94. The van der Waals surface area contributed by atoms with E-state index in [4.69, 9.17) is 0 Å². The van der Waals surface area contributed by atoms with Crippen molar-refractivity contribution in [1.29, 1.82) is 0 Å². The third kappa shape index (κ3) is 2.76. The Morgan fingerprint density at radius 2 is 1.79 bits per heavy atom. The van der Waals surface area contributed by atoms with Crippen molar-refractivity contribution in [2.75, 3.05) is 20.6 Å². The van der Waals surface area contributed by atoms with Crippen LogP contribution in [0.4, 0.5) is 0 Å². The Kier molecular flexibility index (Phi) is 4.56. The first kappa shape index (κ1) is 18.6. The summed E-state index contributed by atoms with van der Waals surface area (Å²) in [6.07, 6.45) is 9.75. The topological polar surface area (TPSA) is 45.6 Å². The van der Waals surface area contributed by atoms with E-state index in [0.717, 1.165) is 25.8 Å². The fourth-order valence-electron chi connectivity index (χ4n) is 5.77. The van der Waals surface area contributed by atoms with Gasteiger partial charge in [0.05, 0.1) is 6.04 Å². The van der Waals surface area contributed by atoms with Crippen molar-refractivity contribution >= 4 is 21.1 Å². The number of hydrogen-bond acceptors (Lipinski definition) is 2. The average Bonchev–Trinajstić information content (AvgIpc) is 3.04. The standard InChI is InChI=1S/C22H31N3O2S/c1-23(2)28(26,27)25-14-13-24-20-12-11-17(16-7-4-3-5-8-16)15-19(20)18-9-6-10-21(25)22(18)24/h11-12,15-16,21H,3-10,13-14H2,1-2H3. The first-order valence-corrected chi connectivity index (χ1v) is 12.2. The summed E-state index contributed by atoms with van der Waals surface area (Å²) >= 11 is 0. The zero-order valence-electron chi connectivity index (χ0n) is 17.0. The number of aromatic nitrogens is 1. The van der Waals surface area contributed by atoms with Crippen LogP contribution in [0.5, 0.6) is 0 Å². The van der Waals surface area contributed by atoms with Gasteiger partial charge in [-0.2, -0.15) is 17.0 Å². The van der Waals surface area contributed by atoms with E-state index in [1.807, 2.05) is 0 Å². The molecule has 2 aliphatic carbocycles. The SMILES string of the molecule is CN(C)S(=O)(=O)N1CCn2c3c(c4cc(C5CCCCC5)ccc42)CCCC31. The van der Waals surface area contributed by atoms with Gasteiger partial charge in [0.1, 0.15) is 0 Å². The second-order valence-corrected chi connectivity index (χ2v) is 11.0. The van der Waals surface area contributed by atoms with Crippen LogP contribution in [0.3, 0.4) is 0 Å². The number of nitrogens with zero attached hydrogens (tertiary/aromatic N) is 3. The number of aryl methyl sites for hydroxylation is 1. The van der Waals surface area contributed by atoms with Gasteiger partial charge >= 0.3 is 0 Å². The molecule has 1 saturated carbocycles. The normalized spacial score (nSPS) is 24.0. The molecular weight excluding hydrogens is 370 g/mol. The van der Waals surface area contributed by atoms with Crippen LogP contribution in [-0.4, -0.2) is 42.2 Å². The molecule has 0 bridgehead atoms. The smallest absolute Gasteiger partial charge is 0.282 e. The van der Waals surface area contributed by atoms with Crippen LogP contribution in [0, 0.1) is 0 Å². The predicted molar refractivity (Wildman–Crippen MR) is 113 cm³/mol. The van der Waals surface area contributed by atoms with Crippen molar-refractivity contribution in [2.24, 2.45) is 0 Å². The highest BCUT2D eigenvalue weighted by atomic mass is 32.2. The molecule has 0 radical (unpaired) electrons. The summed E-state index contributed by atoms with van der Waals surface area (Å²) < 4.78 is 31.4. The Balaban J connectivity index is 1.62. The quantitative estimate of drug-likeness (QED) is 0.774. The summed E-state index contributed by atoms with van der Waals surface area (Å²) in [5, 5.41) is 1.38. The van der Waals surface area contributed by atoms with Crippen molar-refractivity contribution in [3.8, 4) is 0 Å². The molecular formula is C22H31N3O2S. The summed E-state index contributed by atoms with van der Waals surface area (Å²) in [5.41, 5.74) is 5.46. The van der Waals surface area contributed by atoms with Crippen LogP contribution in [0.15, 0.2) is 18.2 Å². The van der Waals surface area contributed by atoms with E-state index < -0.39 is 10.2 Å². The van der Waals surface area contributed by atoms with Crippen LogP contribution in [0.1, 0.15) is 73.7 Å². The van der Waals surface area contributed by atoms with Gasteiger partial charge in [0, 0.05) is 43.8 Å². The van der Waals surface area contributed by atoms with Gasteiger partial charge in [0.2, 0.25) is 0 Å².